The molecular weight excluding hydrogens is 354 g/mol. The third-order valence-corrected chi connectivity index (χ3v) is 5.45. The summed E-state index contributed by atoms with van der Waals surface area (Å²) in [5.74, 6) is -0.244. The Morgan fingerprint density at radius 1 is 1.18 bits per heavy atom. The number of esters is 1. The van der Waals surface area contributed by atoms with E-state index in [-0.39, 0.29) is 23.1 Å². The van der Waals surface area contributed by atoms with Crippen LogP contribution in [0.25, 0.3) is 0 Å². The number of allylic oxidation sites excluding steroid dienone is 3. The third kappa shape index (κ3) is 3.71. The molecule has 1 heterocycles. The van der Waals surface area contributed by atoms with E-state index in [1.54, 1.807) is 14.0 Å². The first-order valence-corrected chi connectivity index (χ1v) is 9.88. The van der Waals surface area contributed by atoms with Crippen LogP contribution in [-0.2, 0) is 14.3 Å². The molecule has 0 spiro atoms. The Kier molecular flexibility index (Phi) is 5.64. The van der Waals surface area contributed by atoms with E-state index in [2.05, 4.69) is 25.2 Å². The number of fused-ring (bicyclic) bond motifs is 1. The van der Waals surface area contributed by atoms with Crippen LogP contribution in [0, 0.1) is 11.3 Å². The maximum Gasteiger partial charge on any atom is 0.336 e. The van der Waals surface area contributed by atoms with Crippen LogP contribution in [0.2, 0.25) is 0 Å². The van der Waals surface area contributed by atoms with Gasteiger partial charge < -0.3 is 14.8 Å². The minimum absolute atomic E-state index is 0.146. The van der Waals surface area contributed by atoms with Gasteiger partial charge in [0.05, 0.1) is 25.2 Å². The SMILES string of the molecule is CCOC(=O)C1=C(CC)NC2=CC(C)(C)CC(=O)C2C1c1ccc(OC)cc1. The maximum absolute atomic E-state index is 13.2. The maximum atomic E-state index is 13.2. The number of Topliss-reactive ketones (excluding diaryl/α,β-unsaturated/α-hetero) is 1. The van der Waals surface area contributed by atoms with Crippen molar-refractivity contribution in [1.82, 2.24) is 5.32 Å². The molecule has 2 unspecified atom stereocenters. The van der Waals surface area contributed by atoms with E-state index < -0.39 is 5.92 Å². The quantitative estimate of drug-likeness (QED) is 0.775. The number of ether oxygens (including phenoxy) is 2. The number of hydrogen-bond acceptors (Lipinski definition) is 5. The third-order valence-electron chi connectivity index (χ3n) is 5.45. The summed E-state index contributed by atoms with van der Waals surface area (Å²) < 4.78 is 10.6. The molecule has 5 heteroatoms. The molecule has 5 nitrogen and oxygen atoms in total. The highest BCUT2D eigenvalue weighted by Crippen LogP contribution is 2.47. The van der Waals surface area contributed by atoms with Crippen molar-refractivity contribution in [2.45, 2.75) is 46.5 Å². The van der Waals surface area contributed by atoms with Crippen molar-refractivity contribution < 1.29 is 19.1 Å². The zero-order valence-electron chi connectivity index (χ0n) is 17.3. The summed E-state index contributed by atoms with van der Waals surface area (Å²) in [4.78, 5) is 26.1. The van der Waals surface area contributed by atoms with E-state index in [1.807, 2.05) is 31.2 Å². The number of hydrogen-bond donors (Lipinski definition) is 1. The minimum atomic E-state index is -0.406. The van der Waals surface area contributed by atoms with Crippen molar-refractivity contribution in [3.8, 4) is 5.75 Å². The first kappa shape index (κ1) is 20.2. The highest BCUT2D eigenvalue weighted by atomic mass is 16.5. The second-order valence-corrected chi connectivity index (χ2v) is 8.05. The molecule has 0 saturated heterocycles. The van der Waals surface area contributed by atoms with E-state index in [9.17, 15) is 9.59 Å². The summed E-state index contributed by atoms with van der Waals surface area (Å²) in [6.07, 6.45) is 3.25. The second-order valence-electron chi connectivity index (χ2n) is 8.05. The summed E-state index contributed by atoms with van der Waals surface area (Å²) in [6.45, 7) is 8.22. The molecule has 0 amide bonds. The van der Waals surface area contributed by atoms with Crippen LogP contribution in [-0.4, -0.2) is 25.5 Å². The Hall–Kier alpha value is -2.56. The first-order chi connectivity index (χ1) is 13.3. The lowest BCUT2D eigenvalue weighted by atomic mass is 9.66. The Labute approximate surface area is 166 Å². The molecule has 1 aromatic rings. The van der Waals surface area contributed by atoms with Crippen LogP contribution in [0.3, 0.4) is 0 Å². The molecule has 1 aliphatic heterocycles. The zero-order chi connectivity index (χ0) is 20.5. The fourth-order valence-corrected chi connectivity index (χ4v) is 4.28. The van der Waals surface area contributed by atoms with Crippen LogP contribution in [0.5, 0.6) is 5.75 Å². The van der Waals surface area contributed by atoms with Gasteiger partial charge in [-0.3, -0.25) is 4.79 Å². The van der Waals surface area contributed by atoms with Gasteiger partial charge in [-0.2, -0.15) is 0 Å². The molecule has 0 saturated carbocycles. The van der Waals surface area contributed by atoms with Crippen LogP contribution < -0.4 is 10.1 Å². The highest BCUT2D eigenvalue weighted by molar-refractivity contribution is 5.96. The standard InChI is InChI=1S/C23H29NO4/c1-6-16-21(22(26)28-7-2)19(14-8-10-15(27-5)11-9-14)20-17(24-16)12-23(3,4)13-18(20)25/h8-12,19-20,24H,6-7,13H2,1-5H3. The summed E-state index contributed by atoms with van der Waals surface area (Å²) in [5, 5.41) is 3.40. The van der Waals surface area contributed by atoms with Crippen molar-refractivity contribution in [1.29, 1.82) is 0 Å². The summed E-state index contributed by atoms with van der Waals surface area (Å²) in [5.41, 5.74) is 2.99. The number of benzene rings is 1. The number of methoxy groups -OCH3 is 1. The molecule has 0 fully saturated rings. The van der Waals surface area contributed by atoms with Crippen molar-refractivity contribution in [3.05, 3.63) is 52.9 Å². The number of ketones is 1. The van der Waals surface area contributed by atoms with Crippen molar-refractivity contribution in [2.24, 2.45) is 11.3 Å². The Bertz CT molecular complexity index is 833. The van der Waals surface area contributed by atoms with Gasteiger partial charge in [-0.05, 0) is 36.5 Å². The molecule has 2 atom stereocenters. The Morgan fingerprint density at radius 2 is 1.86 bits per heavy atom. The molecule has 28 heavy (non-hydrogen) atoms. The predicted molar refractivity (Wildman–Crippen MR) is 108 cm³/mol. The Balaban J connectivity index is 2.20. The zero-order valence-corrected chi connectivity index (χ0v) is 17.3. The van der Waals surface area contributed by atoms with Crippen LogP contribution in [0.4, 0.5) is 0 Å². The molecule has 2 aliphatic rings. The lowest BCUT2D eigenvalue weighted by molar-refractivity contribution is -0.139. The largest absolute Gasteiger partial charge is 0.497 e. The fourth-order valence-electron chi connectivity index (χ4n) is 4.28. The predicted octanol–water partition coefficient (Wildman–Crippen LogP) is 4.11. The summed E-state index contributed by atoms with van der Waals surface area (Å²) >= 11 is 0. The average molecular weight is 383 g/mol. The Morgan fingerprint density at radius 3 is 2.43 bits per heavy atom. The van der Waals surface area contributed by atoms with Crippen LogP contribution in [0.15, 0.2) is 47.3 Å². The van der Waals surface area contributed by atoms with E-state index >= 15 is 0 Å². The monoisotopic (exact) mass is 383 g/mol. The summed E-state index contributed by atoms with van der Waals surface area (Å²) in [7, 11) is 1.62. The summed E-state index contributed by atoms with van der Waals surface area (Å²) in [6, 6.07) is 7.61. The molecule has 0 aromatic heterocycles. The molecule has 150 valence electrons. The number of rotatable bonds is 5. The number of carbonyl (C=O) groups excluding carboxylic acids is 2. The van der Waals surface area contributed by atoms with Crippen molar-refractivity contribution in [2.75, 3.05) is 13.7 Å². The van der Waals surface area contributed by atoms with E-state index in [1.165, 1.54) is 0 Å². The van der Waals surface area contributed by atoms with Crippen molar-refractivity contribution in [3.63, 3.8) is 0 Å². The average Bonchev–Trinajstić information content (AvgIpc) is 2.65. The van der Waals surface area contributed by atoms with Gasteiger partial charge in [0.15, 0.2) is 0 Å². The molecule has 3 rings (SSSR count). The topological polar surface area (TPSA) is 64.6 Å². The lowest BCUT2D eigenvalue weighted by Gasteiger charge is -2.41. The molecule has 1 N–H and O–H groups in total. The van der Waals surface area contributed by atoms with Crippen molar-refractivity contribution >= 4 is 11.8 Å². The van der Waals surface area contributed by atoms with Crippen LogP contribution in [0.1, 0.15) is 52.0 Å². The molecule has 0 radical (unpaired) electrons. The van der Waals surface area contributed by atoms with Gasteiger partial charge >= 0.3 is 5.97 Å². The van der Waals surface area contributed by atoms with Gasteiger partial charge in [0.1, 0.15) is 11.5 Å². The molecule has 1 aliphatic carbocycles. The van der Waals surface area contributed by atoms with Gasteiger partial charge in [-0.25, -0.2) is 4.79 Å². The van der Waals surface area contributed by atoms with E-state index in [4.69, 9.17) is 9.47 Å². The van der Waals surface area contributed by atoms with Gasteiger partial charge in [0, 0.05) is 23.7 Å². The normalized spacial score (nSPS) is 23.5. The second kappa shape index (κ2) is 7.82. The lowest BCUT2D eigenvalue weighted by Crippen LogP contribution is -2.44. The smallest absolute Gasteiger partial charge is 0.336 e. The van der Waals surface area contributed by atoms with Gasteiger partial charge in [0.25, 0.3) is 0 Å². The van der Waals surface area contributed by atoms with E-state index in [0.29, 0.717) is 25.0 Å². The highest BCUT2D eigenvalue weighted by Gasteiger charge is 2.46. The number of nitrogens with one attached hydrogen (secondary N) is 1. The van der Waals surface area contributed by atoms with Gasteiger partial charge in [-0.15, -0.1) is 0 Å². The first-order valence-electron chi connectivity index (χ1n) is 9.88. The van der Waals surface area contributed by atoms with Gasteiger partial charge in [0.2, 0.25) is 0 Å². The van der Waals surface area contributed by atoms with Crippen LogP contribution >= 0.6 is 0 Å². The fraction of sp³-hybridized carbons (Fsp3) is 0.478. The molecular formula is C23H29NO4. The van der Waals surface area contributed by atoms with Gasteiger partial charge in [-0.1, -0.05) is 39.0 Å². The number of carbonyl (C=O) groups is 2. The molecule has 1 aromatic carbocycles. The molecule has 0 bridgehead atoms. The minimum Gasteiger partial charge on any atom is -0.497 e. The van der Waals surface area contributed by atoms with E-state index in [0.717, 1.165) is 22.7 Å².